The number of hydrogen-bond acceptors (Lipinski definition) is 3. The zero-order chi connectivity index (χ0) is 17.8. The van der Waals surface area contributed by atoms with Crippen LogP contribution in [0.4, 0.5) is 0 Å². The van der Waals surface area contributed by atoms with Crippen molar-refractivity contribution in [1.82, 2.24) is 10.6 Å². The lowest BCUT2D eigenvalue weighted by molar-refractivity contribution is 0.0531. The van der Waals surface area contributed by atoms with E-state index in [-0.39, 0.29) is 29.4 Å². The molecule has 0 saturated carbocycles. The molecule has 1 aromatic rings. The summed E-state index contributed by atoms with van der Waals surface area (Å²) >= 11 is 0. The molecular weight excluding hydrogens is 453 g/mol. The predicted molar refractivity (Wildman–Crippen MR) is 119 cm³/mol. The van der Waals surface area contributed by atoms with E-state index in [0.29, 0.717) is 18.2 Å². The van der Waals surface area contributed by atoms with Gasteiger partial charge in [0, 0.05) is 25.2 Å². The van der Waals surface area contributed by atoms with E-state index in [1.165, 1.54) is 18.4 Å². The maximum atomic E-state index is 5.99. The quantitative estimate of drug-likeness (QED) is 0.382. The fourth-order valence-electron chi connectivity index (χ4n) is 4.61. The zero-order valence-corrected chi connectivity index (χ0v) is 18.5. The van der Waals surface area contributed by atoms with Crippen LogP contribution in [0.1, 0.15) is 44.6 Å². The molecule has 1 aromatic carbocycles. The van der Waals surface area contributed by atoms with Crippen LogP contribution in [0, 0.1) is 0 Å². The molecule has 27 heavy (non-hydrogen) atoms. The molecule has 6 heteroatoms. The Kier molecular flexibility index (Phi) is 7.39. The number of benzene rings is 1. The van der Waals surface area contributed by atoms with Crippen molar-refractivity contribution in [2.75, 3.05) is 26.3 Å². The van der Waals surface area contributed by atoms with Gasteiger partial charge in [0.25, 0.3) is 0 Å². The molecule has 2 bridgehead atoms. The highest BCUT2D eigenvalue weighted by Crippen LogP contribution is 2.36. The van der Waals surface area contributed by atoms with Crippen molar-refractivity contribution in [1.29, 1.82) is 0 Å². The summed E-state index contributed by atoms with van der Waals surface area (Å²) in [6.45, 7) is 5.41. The minimum atomic E-state index is 0. The van der Waals surface area contributed by atoms with Gasteiger partial charge in [-0.25, -0.2) is 0 Å². The fourth-order valence-corrected chi connectivity index (χ4v) is 4.61. The Labute approximate surface area is 179 Å². The molecule has 3 atom stereocenters. The maximum absolute atomic E-state index is 5.99. The van der Waals surface area contributed by atoms with Gasteiger partial charge >= 0.3 is 0 Å². The van der Waals surface area contributed by atoms with Crippen LogP contribution in [0.15, 0.2) is 35.3 Å². The lowest BCUT2D eigenvalue weighted by atomic mass is 9.74. The highest BCUT2D eigenvalue weighted by atomic mass is 127. The number of nitrogens with one attached hydrogen (secondary N) is 2. The van der Waals surface area contributed by atoms with Gasteiger partial charge in [0.15, 0.2) is 5.96 Å². The number of aliphatic imine (C=N–C) groups is 1. The first-order valence-electron chi connectivity index (χ1n) is 10.1. The van der Waals surface area contributed by atoms with E-state index in [1.807, 2.05) is 0 Å². The third kappa shape index (κ3) is 4.77. The molecule has 4 rings (SSSR count). The van der Waals surface area contributed by atoms with Crippen LogP contribution in [0.3, 0.4) is 0 Å². The van der Waals surface area contributed by atoms with E-state index in [2.05, 4.69) is 47.9 Å². The molecule has 3 saturated heterocycles. The van der Waals surface area contributed by atoms with E-state index in [4.69, 9.17) is 14.5 Å². The van der Waals surface area contributed by atoms with E-state index in [9.17, 15) is 0 Å². The van der Waals surface area contributed by atoms with E-state index < -0.39 is 0 Å². The van der Waals surface area contributed by atoms with E-state index >= 15 is 0 Å². The second kappa shape index (κ2) is 9.56. The second-order valence-corrected chi connectivity index (χ2v) is 7.81. The van der Waals surface area contributed by atoms with Crippen LogP contribution in [0.5, 0.6) is 0 Å². The van der Waals surface area contributed by atoms with Gasteiger partial charge in [-0.1, -0.05) is 30.3 Å². The molecule has 5 nitrogen and oxygen atoms in total. The van der Waals surface area contributed by atoms with Crippen molar-refractivity contribution < 1.29 is 9.47 Å². The lowest BCUT2D eigenvalue weighted by Crippen LogP contribution is -2.48. The molecule has 3 unspecified atom stereocenters. The number of hydrogen-bond donors (Lipinski definition) is 2. The summed E-state index contributed by atoms with van der Waals surface area (Å²) in [5.74, 6) is 0.926. The van der Waals surface area contributed by atoms with Crippen LogP contribution in [0.2, 0.25) is 0 Å². The maximum Gasteiger partial charge on any atom is 0.191 e. The molecule has 3 heterocycles. The van der Waals surface area contributed by atoms with Crippen LogP contribution < -0.4 is 10.6 Å². The standard InChI is InChI=1S/C21H31N3O2.HI/c1-2-22-20(24-18-14-17-8-9-19(18)26-17)23-15-21(10-12-25-13-11-21)16-6-4-3-5-7-16;/h3-7,17-19H,2,8-15H2,1H3,(H2,22,23,24);1H. The summed E-state index contributed by atoms with van der Waals surface area (Å²) in [7, 11) is 0. The average Bonchev–Trinajstić information content (AvgIpc) is 3.31. The molecule has 150 valence electrons. The van der Waals surface area contributed by atoms with Crippen molar-refractivity contribution in [3.63, 3.8) is 0 Å². The van der Waals surface area contributed by atoms with Crippen LogP contribution in [-0.4, -0.2) is 50.5 Å². The van der Waals surface area contributed by atoms with Gasteiger partial charge in [-0.05, 0) is 44.6 Å². The Balaban J connectivity index is 0.00000210. The summed E-state index contributed by atoms with van der Waals surface area (Å²) in [6.07, 6.45) is 6.35. The molecule has 0 aromatic heterocycles. The van der Waals surface area contributed by atoms with Gasteiger partial charge in [0.2, 0.25) is 0 Å². The number of nitrogens with zero attached hydrogens (tertiary/aromatic N) is 1. The Morgan fingerprint density at radius 3 is 2.59 bits per heavy atom. The van der Waals surface area contributed by atoms with E-state index in [0.717, 1.165) is 51.5 Å². The number of guanidine groups is 1. The number of halogens is 1. The number of fused-ring (bicyclic) bond motifs is 2. The third-order valence-corrected chi connectivity index (χ3v) is 6.15. The van der Waals surface area contributed by atoms with Crippen molar-refractivity contribution in [2.24, 2.45) is 4.99 Å². The van der Waals surface area contributed by atoms with Crippen molar-refractivity contribution in [3.8, 4) is 0 Å². The predicted octanol–water partition coefficient (Wildman–Crippen LogP) is 3.23. The summed E-state index contributed by atoms with van der Waals surface area (Å²) in [4.78, 5) is 5.02. The monoisotopic (exact) mass is 485 g/mol. The molecule has 2 N–H and O–H groups in total. The summed E-state index contributed by atoms with van der Waals surface area (Å²) in [6, 6.07) is 11.2. The smallest absolute Gasteiger partial charge is 0.191 e. The molecule has 0 amide bonds. The Hall–Kier alpha value is -0.860. The minimum Gasteiger partial charge on any atom is -0.381 e. The van der Waals surface area contributed by atoms with Gasteiger partial charge in [0.05, 0.1) is 24.8 Å². The van der Waals surface area contributed by atoms with Gasteiger partial charge in [0.1, 0.15) is 0 Å². The highest BCUT2D eigenvalue weighted by Gasteiger charge is 2.41. The minimum absolute atomic E-state index is 0. The zero-order valence-electron chi connectivity index (χ0n) is 16.2. The molecule has 3 fully saturated rings. The second-order valence-electron chi connectivity index (χ2n) is 7.81. The first-order chi connectivity index (χ1) is 12.8. The molecule has 3 aliphatic rings. The van der Waals surface area contributed by atoms with Crippen LogP contribution >= 0.6 is 24.0 Å². The SMILES string of the molecule is CCNC(=NCC1(c2ccccc2)CCOCC1)NC1CC2CCC1O2.I. The largest absolute Gasteiger partial charge is 0.381 e. The van der Waals surface area contributed by atoms with Gasteiger partial charge in [-0.3, -0.25) is 4.99 Å². The van der Waals surface area contributed by atoms with Crippen molar-refractivity contribution in [2.45, 2.75) is 62.7 Å². The highest BCUT2D eigenvalue weighted by molar-refractivity contribution is 14.0. The van der Waals surface area contributed by atoms with Crippen LogP contribution in [0.25, 0.3) is 0 Å². The van der Waals surface area contributed by atoms with Gasteiger partial charge in [-0.15, -0.1) is 24.0 Å². The first-order valence-corrected chi connectivity index (χ1v) is 10.1. The molecule has 0 radical (unpaired) electrons. The average molecular weight is 485 g/mol. The van der Waals surface area contributed by atoms with Crippen LogP contribution in [-0.2, 0) is 14.9 Å². The van der Waals surface area contributed by atoms with Crippen molar-refractivity contribution >= 4 is 29.9 Å². The number of rotatable bonds is 5. The molecular formula is C21H32IN3O2. The molecule has 0 aliphatic carbocycles. The summed E-state index contributed by atoms with van der Waals surface area (Å²) < 4.78 is 11.6. The molecule has 3 aliphatic heterocycles. The Morgan fingerprint density at radius 1 is 1.19 bits per heavy atom. The lowest BCUT2D eigenvalue weighted by Gasteiger charge is -2.37. The van der Waals surface area contributed by atoms with Crippen molar-refractivity contribution in [3.05, 3.63) is 35.9 Å². The number of ether oxygens (including phenoxy) is 2. The summed E-state index contributed by atoms with van der Waals surface area (Å²) in [5.41, 5.74) is 1.46. The molecule has 0 spiro atoms. The topological polar surface area (TPSA) is 54.9 Å². The van der Waals surface area contributed by atoms with Gasteiger partial charge in [-0.2, -0.15) is 0 Å². The summed E-state index contributed by atoms with van der Waals surface area (Å²) in [5, 5.41) is 7.07. The van der Waals surface area contributed by atoms with E-state index in [1.54, 1.807) is 0 Å². The Morgan fingerprint density at radius 2 is 1.96 bits per heavy atom. The third-order valence-electron chi connectivity index (χ3n) is 6.15. The first kappa shape index (κ1) is 20.9. The van der Waals surface area contributed by atoms with Gasteiger partial charge < -0.3 is 20.1 Å². The Bertz CT molecular complexity index is 619. The normalized spacial score (nSPS) is 29.2. The fraction of sp³-hybridized carbons (Fsp3) is 0.667.